The molecule has 30 heavy (non-hydrogen) atoms. The van der Waals surface area contributed by atoms with E-state index in [-0.39, 0.29) is 5.91 Å². The molecule has 0 saturated heterocycles. The zero-order valence-electron chi connectivity index (χ0n) is 17.0. The Morgan fingerprint density at radius 2 is 1.70 bits per heavy atom. The van der Waals surface area contributed by atoms with E-state index in [9.17, 15) is 4.79 Å². The van der Waals surface area contributed by atoms with Gasteiger partial charge in [-0.1, -0.05) is 29.8 Å². The first kappa shape index (κ1) is 20.1. The number of nitrogens with zero attached hydrogens (tertiary/aromatic N) is 6. The van der Waals surface area contributed by atoms with Gasteiger partial charge in [0.2, 0.25) is 0 Å². The number of hydrogen-bond acceptors (Lipinski definition) is 4. The molecule has 154 valence electrons. The fourth-order valence-electron chi connectivity index (χ4n) is 3.09. The molecule has 0 radical (unpaired) electrons. The summed E-state index contributed by atoms with van der Waals surface area (Å²) in [6.45, 7) is 7.05. The molecule has 1 aromatic carbocycles. The molecule has 0 aliphatic heterocycles. The molecule has 1 N–H and O–H groups in total. The van der Waals surface area contributed by atoms with E-state index in [4.69, 9.17) is 0 Å². The van der Waals surface area contributed by atoms with Crippen molar-refractivity contribution in [1.29, 1.82) is 0 Å². The molecule has 0 spiro atoms. The molecule has 8 nitrogen and oxygen atoms in total. The van der Waals surface area contributed by atoms with E-state index >= 15 is 0 Å². The molecule has 0 unspecified atom stereocenters. The minimum Gasteiger partial charge on any atom is -0.304 e. The molecule has 0 fully saturated rings. The summed E-state index contributed by atoms with van der Waals surface area (Å²) < 4.78 is 6.28. The van der Waals surface area contributed by atoms with Gasteiger partial charge in [0.25, 0.3) is 5.91 Å². The van der Waals surface area contributed by atoms with Crippen LogP contribution in [0.5, 0.6) is 0 Å². The average molecular weight is 468 g/mol. The third kappa shape index (κ3) is 4.35. The van der Waals surface area contributed by atoms with E-state index in [0.717, 1.165) is 21.4 Å². The highest BCUT2D eigenvalue weighted by atomic mass is 79.9. The van der Waals surface area contributed by atoms with Crippen LogP contribution in [0.25, 0.3) is 0 Å². The van der Waals surface area contributed by atoms with Gasteiger partial charge >= 0.3 is 0 Å². The van der Waals surface area contributed by atoms with Crippen molar-refractivity contribution in [3.63, 3.8) is 0 Å². The van der Waals surface area contributed by atoms with Crippen molar-refractivity contribution < 1.29 is 4.79 Å². The second-order valence-corrected chi connectivity index (χ2v) is 8.00. The molecule has 0 atom stereocenters. The molecular formula is C21H22BrN7O. The number of rotatable bonds is 6. The summed E-state index contributed by atoms with van der Waals surface area (Å²) in [6, 6.07) is 11.7. The molecule has 0 bridgehead atoms. The lowest BCUT2D eigenvalue weighted by molar-refractivity contribution is 0.102. The van der Waals surface area contributed by atoms with Crippen LogP contribution in [0.1, 0.15) is 33.0 Å². The maximum atomic E-state index is 12.5. The van der Waals surface area contributed by atoms with Crippen LogP contribution >= 0.6 is 15.9 Å². The van der Waals surface area contributed by atoms with Crippen molar-refractivity contribution >= 4 is 27.7 Å². The van der Waals surface area contributed by atoms with E-state index in [0.29, 0.717) is 24.7 Å². The van der Waals surface area contributed by atoms with Gasteiger partial charge in [0, 0.05) is 18.5 Å². The Morgan fingerprint density at radius 3 is 2.40 bits per heavy atom. The highest BCUT2D eigenvalue weighted by molar-refractivity contribution is 9.10. The number of hydrogen-bond donors (Lipinski definition) is 1. The SMILES string of the molecule is Cc1ccc(Cn2ccc(NC(=O)c3ccn(Cn4nc(C)c(Br)c4C)n3)n2)cc1. The van der Waals surface area contributed by atoms with Gasteiger partial charge < -0.3 is 5.32 Å². The third-order valence-corrected chi connectivity index (χ3v) is 5.94. The maximum absolute atomic E-state index is 12.5. The average Bonchev–Trinajstić information content (AvgIpc) is 3.42. The standard InChI is InChI=1S/C21H22BrN7O/c1-14-4-6-17(7-5-14)12-27-11-9-19(26-27)23-21(30)18-8-10-28(25-18)13-29-16(3)20(22)15(2)24-29/h4-11H,12-13H2,1-3H3,(H,23,26,30). The molecule has 4 aromatic rings. The molecule has 9 heteroatoms. The van der Waals surface area contributed by atoms with Gasteiger partial charge in [0.05, 0.1) is 22.4 Å². The van der Waals surface area contributed by atoms with Gasteiger partial charge in [-0.05, 0) is 48.3 Å². The second-order valence-electron chi connectivity index (χ2n) is 7.20. The lowest BCUT2D eigenvalue weighted by Crippen LogP contribution is -2.16. The third-order valence-electron chi connectivity index (χ3n) is 4.79. The fraction of sp³-hybridized carbons (Fsp3) is 0.238. The van der Waals surface area contributed by atoms with Crippen LogP contribution in [0.4, 0.5) is 5.82 Å². The molecule has 3 aromatic heterocycles. The summed E-state index contributed by atoms with van der Waals surface area (Å²) in [5.74, 6) is 0.188. The molecule has 0 aliphatic rings. The van der Waals surface area contributed by atoms with Crippen molar-refractivity contribution in [3.8, 4) is 0 Å². The van der Waals surface area contributed by atoms with Gasteiger partial charge in [0.15, 0.2) is 11.5 Å². The number of amides is 1. The van der Waals surface area contributed by atoms with E-state index in [1.54, 1.807) is 27.7 Å². The van der Waals surface area contributed by atoms with Gasteiger partial charge in [-0.25, -0.2) is 4.68 Å². The highest BCUT2D eigenvalue weighted by Crippen LogP contribution is 2.19. The summed E-state index contributed by atoms with van der Waals surface area (Å²) in [4.78, 5) is 12.5. The Bertz CT molecular complexity index is 1190. The number of carbonyl (C=O) groups excluding carboxylic acids is 1. The first-order valence-electron chi connectivity index (χ1n) is 9.52. The summed E-state index contributed by atoms with van der Waals surface area (Å²) >= 11 is 3.52. The van der Waals surface area contributed by atoms with Crippen LogP contribution in [-0.2, 0) is 13.2 Å². The molecule has 0 aliphatic carbocycles. The van der Waals surface area contributed by atoms with Crippen molar-refractivity contribution in [2.75, 3.05) is 5.32 Å². The Hall–Kier alpha value is -3.20. The van der Waals surface area contributed by atoms with Gasteiger partial charge in [-0.3, -0.25) is 14.2 Å². The second kappa shape index (κ2) is 8.27. The molecule has 4 rings (SSSR count). The Morgan fingerprint density at radius 1 is 0.967 bits per heavy atom. The Balaban J connectivity index is 1.39. The van der Waals surface area contributed by atoms with E-state index in [2.05, 4.69) is 67.7 Å². The lowest BCUT2D eigenvalue weighted by Gasteiger charge is -2.04. The molecule has 0 saturated carbocycles. The zero-order chi connectivity index (χ0) is 21.3. The van der Waals surface area contributed by atoms with Gasteiger partial charge in [-0.2, -0.15) is 15.3 Å². The first-order valence-corrected chi connectivity index (χ1v) is 10.3. The van der Waals surface area contributed by atoms with Crippen LogP contribution in [0.3, 0.4) is 0 Å². The Kier molecular flexibility index (Phi) is 5.54. The van der Waals surface area contributed by atoms with Gasteiger partial charge in [0.1, 0.15) is 6.67 Å². The normalized spacial score (nSPS) is 11.1. The minimum absolute atomic E-state index is 0.302. The van der Waals surface area contributed by atoms with Crippen LogP contribution < -0.4 is 5.32 Å². The summed E-state index contributed by atoms with van der Waals surface area (Å²) in [6.07, 6.45) is 3.60. The van der Waals surface area contributed by atoms with Crippen molar-refractivity contribution in [2.45, 2.75) is 34.0 Å². The predicted molar refractivity (Wildman–Crippen MR) is 117 cm³/mol. The number of benzene rings is 1. The minimum atomic E-state index is -0.302. The number of aryl methyl sites for hydroxylation is 2. The first-order chi connectivity index (χ1) is 14.4. The van der Waals surface area contributed by atoms with Crippen molar-refractivity contribution in [3.05, 3.63) is 81.5 Å². The molecule has 3 heterocycles. The van der Waals surface area contributed by atoms with Crippen LogP contribution in [0.15, 0.2) is 53.3 Å². The fourth-order valence-corrected chi connectivity index (χ4v) is 3.37. The highest BCUT2D eigenvalue weighted by Gasteiger charge is 2.13. The smallest absolute Gasteiger partial charge is 0.277 e. The maximum Gasteiger partial charge on any atom is 0.277 e. The predicted octanol–water partition coefficient (Wildman–Crippen LogP) is 3.77. The van der Waals surface area contributed by atoms with E-state index < -0.39 is 0 Å². The molecule has 1 amide bonds. The molecular weight excluding hydrogens is 446 g/mol. The van der Waals surface area contributed by atoms with Crippen molar-refractivity contribution in [2.24, 2.45) is 0 Å². The largest absolute Gasteiger partial charge is 0.304 e. The Labute approximate surface area is 182 Å². The van der Waals surface area contributed by atoms with Gasteiger partial charge in [-0.15, -0.1) is 0 Å². The lowest BCUT2D eigenvalue weighted by atomic mass is 10.1. The number of carbonyl (C=O) groups is 1. The summed E-state index contributed by atoms with van der Waals surface area (Å²) in [7, 11) is 0. The number of halogens is 1. The van der Waals surface area contributed by atoms with Crippen LogP contribution in [-0.4, -0.2) is 35.2 Å². The number of anilines is 1. The number of nitrogens with one attached hydrogen (secondary N) is 1. The quantitative estimate of drug-likeness (QED) is 0.467. The monoisotopic (exact) mass is 467 g/mol. The number of aromatic nitrogens is 6. The topological polar surface area (TPSA) is 82.6 Å². The van der Waals surface area contributed by atoms with E-state index in [1.165, 1.54) is 5.56 Å². The van der Waals surface area contributed by atoms with E-state index in [1.807, 2.05) is 24.7 Å². The van der Waals surface area contributed by atoms with Crippen molar-refractivity contribution in [1.82, 2.24) is 29.3 Å². The van der Waals surface area contributed by atoms with Crippen LogP contribution in [0, 0.1) is 20.8 Å². The summed E-state index contributed by atoms with van der Waals surface area (Å²) in [5.41, 5.74) is 4.61. The van der Waals surface area contributed by atoms with Crippen LogP contribution in [0.2, 0.25) is 0 Å². The zero-order valence-corrected chi connectivity index (χ0v) is 18.6. The summed E-state index contributed by atoms with van der Waals surface area (Å²) in [5, 5.41) is 16.0.